The molecule has 3 aromatic rings. The summed E-state index contributed by atoms with van der Waals surface area (Å²) < 4.78 is 38.9. The molecule has 0 saturated carbocycles. The summed E-state index contributed by atoms with van der Waals surface area (Å²) in [6.45, 7) is 0. The molecule has 6 nitrogen and oxygen atoms in total. The Morgan fingerprint density at radius 3 is 2.24 bits per heavy atom. The first-order chi connectivity index (χ1) is 9.80. The number of aromatic amines is 3. The van der Waals surface area contributed by atoms with Gasteiger partial charge in [-0.05, 0) is 12.1 Å². The van der Waals surface area contributed by atoms with E-state index in [0.29, 0.717) is 0 Å². The van der Waals surface area contributed by atoms with Gasteiger partial charge in [-0.15, -0.1) is 0 Å². The van der Waals surface area contributed by atoms with Crippen molar-refractivity contribution in [2.75, 3.05) is 0 Å². The van der Waals surface area contributed by atoms with Crippen LogP contribution in [0.1, 0.15) is 5.56 Å². The topological polar surface area (TPSA) is 98.6 Å². The van der Waals surface area contributed by atoms with Crippen LogP contribution >= 0.6 is 0 Å². The molecule has 9 heteroatoms. The van der Waals surface area contributed by atoms with Crippen LogP contribution in [-0.2, 0) is 6.18 Å². The summed E-state index contributed by atoms with van der Waals surface area (Å²) in [5, 5.41) is 2.60. The molecule has 0 aliphatic rings. The van der Waals surface area contributed by atoms with Crippen LogP contribution in [0.5, 0.6) is 0 Å². The van der Waals surface area contributed by atoms with Gasteiger partial charge >= 0.3 is 6.18 Å². The molecule has 0 amide bonds. The fraction of sp³-hybridized carbons (Fsp3) is 0.0833. The minimum Gasteiger partial charge on any atom is -0.350 e. The van der Waals surface area contributed by atoms with Crippen molar-refractivity contribution in [2.24, 2.45) is 0 Å². The van der Waals surface area contributed by atoms with Gasteiger partial charge in [0.05, 0.1) is 16.5 Å². The van der Waals surface area contributed by atoms with E-state index >= 15 is 0 Å². The van der Waals surface area contributed by atoms with Crippen LogP contribution in [-0.4, -0.2) is 15.2 Å². The molecule has 2 aromatic heterocycles. The van der Waals surface area contributed by atoms with Crippen molar-refractivity contribution in [3.63, 3.8) is 0 Å². The number of H-pyrrole nitrogens is 3. The summed E-state index contributed by atoms with van der Waals surface area (Å²) in [7, 11) is 0. The number of rotatable bonds is 0. The minimum absolute atomic E-state index is 0.168. The van der Waals surface area contributed by atoms with Crippen LogP contribution in [0.4, 0.5) is 13.2 Å². The molecular formula is C12H6F3N3O3. The molecule has 0 aliphatic heterocycles. The zero-order chi connectivity index (χ0) is 15.4. The predicted molar refractivity (Wildman–Crippen MR) is 68.3 cm³/mol. The highest BCUT2D eigenvalue weighted by Gasteiger charge is 2.34. The monoisotopic (exact) mass is 297 g/mol. The maximum Gasteiger partial charge on any atom is 0.417 e. The highest BCUT2D eigenvalue weighted by atomic mass is 19.4. The van der Waals surface area contributed by atoms with Crippen molar-refractivity contribution >= 4 is 21.8 Å². The van der Waals surface area contributed by atoms with Crippen molar-refractivity contribution in [3.05, 3.63) is 54.7 Å². The number of nitrogens with one attached hydrogen (secondary N) is 3. The van der Waals surface area contributed by atoms with Gasteiger partial charge < -0.3 is 4.98 Å². The number of hydrogen-bond donors (Lipinski definition) is 3. The Bertz CT molecular complexity index is 1040. The third-order valence-electron chi connectivity index (χ3n) is 3.08. The van der Waals surface area contributed by atoms with Gasteiger partial charge in [-0.3, -0.25) is 24.6 Å². The van der Waals surface area contributed by atoms with Crippen molar-refractivity contribution in [3.8, 4) is 0 Å². The van der Waals surface area contributed by atoms with E-state index in [1.807, 2.05) is 10.2 Å². The molecule has 0 spiro atoms. The van der Waals surface area contributed by atoms with Crippen LogP contribution in [0.3, 0.4) is 0 Å². The fourth-order valence-electron chi connectivity index (χ4n) is 2.20. The molecule has 0 radical (unpaired) electrons. The second-order valence-electron chi connectivity index (χ2n) is 4.34. The quantitative estimate of drug-likeness (QED) is 0.541. The molecule has 2 heterocycles. The summed E-state index contributed by atoms with van der Waals surface area (Å²) in [4.78, 5) is 37.9. The summed E-state index contributed by atoms with van der Waals surface area (Å²) in [5.74, 6) is 0. The van der Waals surface area contributed by atoms with Gasteiger partial charge in [-0.25, -0.2) is 0 Å². The number of aromatic nitrogens is 3. The van der Waals surface area contributed by atoms with E-state index in [4.69, 9.17) is 0 Å². The van der Waals surface area contributed by atoms with Gasteiger partial charge in [-0.2, -0.15) is 13.2 Å². The lowest BCUT2D eigenvalue weighted by Crippen LogP contribution is -2.26. The molecule has 3 rings (SSSR count). The zero-order valence-electron chi connectivity index (χ0n) is 10.1. The van der Waals surface area contributed by atoms with Gasteiger partial charge in [0.25, 0.3) is 11.1 Å². The first-order valence-corrected chi connectivity index (χ1v) is 5.67. The lowest BCUT2D eigenvalue weighted by Gasteiger charge is -2.10. The molecule has 0 aliphatic carbocycles. The third kappa shape index (κ3) is 1.85. The average Bonchev–Trinajstić information content (AvgIpc) is 2.41. The Morgan fingerprint density at radius 2 is 1.57 bits per heavy atom. The van der Waals surface area contributed by atoms with Gasteiger partial charge in [0.15, 0.2) is 0 Å². The molecule has 0 saturated heterocycles. The zero-order valence-corrected chi connectivity index (χ0v) is 10.1. The first-order valence-electron chi connectivity index (χ1n) is 5.67. The average molecular weight is 297 g/mol. The summed E-state index contributed by atoms with van der Waals surface area (Å²) in [5.41, 5.74) is -4.61. The highest BCUT2D eigenvalue weighted by molar-refractivity contribution is 5.93. The lowest BCUT2D eigenvalue weighted by atomic mass is 10.1. The molecule has 0 atom stereocenters. The molecular weight excluding hydrogens is 291 g/mol. The van der Waals surface area contributed by atoms with Crippen LogP contribution in [0.15, 0.2) is 32.6 Å². The van der Waals surface area contributed by atoms with Gasteiger partial charge in [0.2, 0.25) is 5.43 Å². The smallest absolute Gasteiger partial charge is 0.350 e. The standard InChI is InChI=1S/C12H6F3N3O3/c13-12(14,15)4-2-1-3-5-6(4)9(19)7-8(16-5)11(21)18-17-10(7)20/h1-3H,(H,16,19)(H,17,20)(H,18,21). The number of alkyl halides is 3. The van der Waals surface area contributed by atoms with E-state index in [0.717, 1.165) is 12.1 Å². The van der Waals surface area contributed by atoms with Crippen molar-refractivity contribution < 1.29 is 13.2 Å². The largest absolute Gasteiger partial charge is 0.417 e. The van der Waals surface area contributed by atoms with E-state index < -0.39 is 39.1 Å². The van der Waals surface area contributed by atoms with E-state index in [1.54, 1.807) is 0 Å². The number of halogens is 3. The summed E-state index contributed by atoms with van der Waals surface area (Å²) in [6.07, 6.45) is -4.76. The number of fused-ring (bicyclic) bond motifs is 2. The van der Waals surface area contributed by atoms with E-state index in [9.17, 15) is 27.6 Å². The predicted octanol–water partition coefficient (Wildman–Crippen LogP) is 1.08. The number of pyridine rings is 1. The Labute approximate surface area is 112 Å². The van der Waals surface area contributed by atoms with Crippen molar-refractivity contribution in [1.82, 2.24) is 15.2 Å². The summed E-state index contributed by atoms with van der Waals surface area (Å²) in [6, 6.07) is 3.07. The molecule has 1 aromatic carbocycles. The van der Waals surface area contributed by atoms with Crippen LogP contribution < -0.4 is 16.5 Å². The molecule has 108 valence electrons. The summed E-state index contributed by atoms with van der Waals surface area (Å²) >= 11 is 0. The molecule has 21 heavy (non-hydrogen) atoms. The molecule has 0 unspecified atom stereocenters. The maximum absolute atomic E-state index is 13.0. The minimum atomic E-state index is -4.76. The second-order valence-corrected chi connectivity index (χ2v) is 4.34. The normalized spacial score (nSPS) is 12.1. The fourth-order valence-corrected chi connectivity index (χ4v) is 2.20. The second kappa shape index (κ2) is 4.08. The lowest BCUT2D eigenvalue weighted by molar-refractivity contribution is -0.136. The molecule has 0 bridgehead atoms. The Kier molecular flexibility index (Phi) is 2.55. The maximum atomic E-state index is 13.0. The highest BCUT2D eigenvalue weighted by Crippen LogP contribution is 2.33. The van der Waals surface area contributed by atoms with Crippen molar-refractivity contribution in [1.29, 1.82) is 0 Å². The number of benzene rings is 1. The number of hydrogen-bond acceptors (Lipinski definition) is 3. The van der Waals surface area contributed by atoms with Crippen LogP contribution in [0.2, 0.25) is 0 Å². The SMILES string of the molecule is O=c1[nH][nH]c(=O)c2c(=O)c3c(C(F)(F)F)cccc3[nH]c12. The van der Waals surface area contributed by atoms with Gasteiger partial charge in [0, 0.05) is 0 Å². The molecule has 3 N–H and O–H groups in total. The third-order valence-corrected chi connectivity index (χ3v) is 3.08. The van der Waals surface area contributed by atoms with E-state index in [-0.39, 0.29) is 11.0 Å². The van der Waals surface area contributed by atoms with Crippen molar-refractivity contribution in [2.45, 2.75) is 6.18 Å². The Hall–Kier alpha value is -2.84. The Balaban J connectivity index is 2.70. The van der Waals surface area contributed by atoms with Gasteiger partial charge in [-0.1, -0.05) is 6.07 Å². The van der Waals surface area contributed by atoms with E-state index in [1.165, 1.54) is 6.07 Å². The van der Waals surface area contributed by atoms with Crippen LogP contribution in [0.25, 0.3) is 21.8 Å². The first kappa shape index (κ1) is 13.2. The Morgan fingerprint density at radius 1 is 0.905 bits per heavy atom. The van der Waals surface area contributed by atoms with E-state index in [2.05, 4.69) is 4.98 Å². The molecule has 0 fully saturated rings. The van der Waals surface area contributed by atoms with Crippen LogP contribution in [0, 0.1) is 0 Å². The van der Waals surface area contributed by atoms with Gasteiger partial charge in [0.1, 0.15) is 10.9 Å².